The monoisotopic (exact) mass is 315 g/mol. The van der Waals surface area contributed by atoms with Crippen molar-refractivity contribution in [3.63, 3.8) is 0 Å². The quantitative estimate of drug-likeness (QED) is 0.494. The summed E-state index contributed by atoms with van der Waals surface area (Å²) in [5, 5.41) is 6.19. The molecule has 0 saturated heterocycles. The van der Waals surface area contributed by atoms with Crippen LogP contribution in [0.3, 0.4) is 0 Å². The van der Waals surface area contributed by atoms with Crippen molar-refractivity contribution in [1.29, 1.82) is 0 Å². The number of hydrogen-bond acceptors (Lipinski definition) is 7. The molecule has 7 nitrogen and oxygen atoms in total. The maximum absolute atomic E-state index is 11.9. The Morgan fingerprint density at radius 3 is 2.67 bits per heavy atom. The van der Waals surface area contributed by atoms with Crippen LogP contribution in [0.2, 0.25) is 0 Å². The summed E-state index contributed by atoms with van der Waals surface area (Å²) in [6.45, 7) is 3.84. The van der Waals surface area contributed by atoms with Gasteiger partial charge in [0.05, 0.1) is 18.4 Å². The van der Waals surface area contributed by atoms with E-state index in [0.29, 0.717) is 24.8 Å². The van der Waals surface area contributed by atoms with Crippen LogP contribution in [0.1, 0.15) is 33.4 Å². The Bertz CT molecular complexity index is 502. The van der Waals surface area contributed by atoms with Gasteiger partial charge in [-0.3, -0.25) is 4.79 Å². The summed E-state index contributed by atoms with van der Waals surface area (Å²) in [6, 6.07) is 0. The standard InChI is InChI=1S/C13H21N3O4S/c1-4-20-7-5-6-16-12-8(11(17)15-2)9(14)10(21-12)13(18)19-3/h16H,4-7,14H2,1-3H3,(H,15,17). The first-order valence-corrected chi connectivity index (χ1v) is 7.42. The highest BCUT2D eigenvalue weighted by molar-refractivity contribution is 7.19. The SMILES string of the molecule is CCOCCCNc1sc(C(=O)OC)c(N)c1C(=O)NC. The molecular formula is C13H21N3O4S. The van der Waals surface area contributed by atoms with E-state index >= 15 is 0 Å². The molecular weight excluding hydrogens is 294 g/mol. The van der Waals surface area contributed by atoms with Crippen molar-refractivity contribution in [3.05, 3.63) is 10.4 Å². The van der Waals surface area contributed by atoms with Crippen molar-refractivity contribution >= 4 is 33.9 Å². The second-order valence-electron chi connectivity index (χ2n) is 4.10. The molecule has 0 fully saturated rings. The lowest BCUT2D eigenvalue weighted by Gasteiger charge is -2.07. The maximum atomic E-state index is 11.9. The van der Waals surface area contributed by atoms with Crippen molar-refractivity contribution < 1.29 is 19.1 Å². The van der Waals surface area contributed by atoms with Gasteiger partial charge in [0, 0.05) is 26.8 Å². The fourth-order valence-corrected chi connectivity index (χ4v) is 2.75. The minimum atomic E-state index is -0.551. The van der Waals surface area contributed by atoms with Gasteiger partial charge >= 0.3 is 5.97 Å². The molecule has 1 heterocycles. The molecule has 0 atom stereocenters. The fraction of sp³-hybridized carbons (Fsp3) is 0.538. The topological polar surface area (TPSA) is 103 Å². The molecule has 1 aromatic rings. The van der Waals surface area contributed by atoms with Crippen molar-refractivity contribution in [3.8, 4) is 0 Å². The van der Waals surface area contributed by atoms with E-state index in [1.165, 1.54) is 14.2 Å². The minimum Gasteiger partial charge on any atom is -0.465 e. The molecule has 1 rings (SSSR count). The molecule has 0 aliphatic rings. The van der Waals surface area contributed by atoms with Gasteiger partial charge < -0.3 is 25.8 Å². The Hall–Kier alpha value is -1.80. The highest BCUT2D eigenvalue weighted by Gasteiger charge is 2.25. The number of rotatable bonds is 8. The first-order chi connectivity index (χ1) is 10.1. The number of carbonyl (C=O) groups is 2. The molecule has 8 heteroatoms. The van der Waals surface area contributed by atoms with Crippen LogP contribution in [-0.2, 0) is 9.47 Å². The average molecular weight is 315 g/mol. The molecule has 118 valence electrons. The van der Waals surface area contributed by atoms with Crippen LogP contribution in [0.4, 0.5) is 10.7 Å². The maximum Gasteiger partial charge on any atom is 0.350 e. The van der Waals surface area contributed by atoms with E-state index in [0.717, 1.165) is 17.8 Å². The summed E-state index contributed by atoms with van der Waals surface area (Å²) < 4.78 is 9.91. The van der Waals surface area contributed by atoms with Gasteiger partial charge in [0.1, 0.15) is 9.88 Å². The summed E-state index contributed by atoms with van der Waals surface area (Å²) in [6.07, 6.45) is 0.784. The number of carbonyl (C=O) groups excluding carboxylic acids is 2. The summed E-state index contributed by atoms with van der Waals surface area (Å²) >= 11 is 1.11. The first-order valence-electron chi connectivity index (χ1n) is 6.61. The Kier molecular flexibility index (Phi) is 6.97. The normalized spacial score (nSPS) is 10.2. The number of anilines is 2. The fourth-order valence-electron chi connectivity index (χ4n) is 1.68. The first kappa shape index (κ1) is 17.3. The number of methoxy groups -OCH3 is 1. The third-order valence-electron chi connectivity index (χ3n) is 2.73. The van der Waals surface area contributed by atoms with E-state index in [1.807, 2.05) is 6.92 Å². The number of hydrogen-bond donors (Lipinski definition) is 3. The van der Waals surface area contributed by atoms with Crippen LogP contribution < -0.4 is 16.4 Å². The van der Waals surface area contributed by atoms with Crippen molar-refractivity contribution in [2.45, 2.75) is 13.3 Å². The number of ether oxygens (including phenoxy) is 2. The van der Waals surface area contributed by atoms with Crippen LogP contribution >= 0.6 is 11.3 Å². The van der Waals surface area contributed by atoms with Gasteiger partial charge in [-0.15, -0.1) is 11.3 Å². The number of amides is 1. The number of thiophene rings is 1. The molecule has 1 amide bonds. The van der Waals surface area contributed by atoms with Gasteiger partial charge in [0.2, 0.25) is 0 Å². The Morgan fingerprint density at radius 1 is 1.38 bits per heavy atom. The van der Waals surface area contributed by atoms with Gasteiger partial charge in [-0.25, -0.2) is 4.79 Å². The molecule has 0 bridgehead atoms. The summed E-state index contributed by atoms with van der Waals surface area (Å²) in [5.74, 6) is -0.892. The highest BCUT2D eigenvalue weighted by atomic mass is 32.1. The molecule has 0 saturated carbocycles. The lowest BCUT2D eigenvalue weighted by molar-refractivity contribution is 0.0607. The van der Waals surface area contributed by atoms with Crippen molar-refractivity contribution in [2.24, 2.45) is 0 Å². The van der Waals surface area contributed by atoms with Crippen LogP contribution in [0.25, 0.3) is 0 Å². The average Bonchev–Trinajstić information content (AvgIpc) is 2.82. The lowest BCUT2D eigenvalue weighted by Crippen LogP contribution is -2.20. The van der Waals surface area contributed by atoms with E-state index in [-0.39, 0.29) is 22.0 Å². The zero-order valence-electron chi connectivity index (χ0n) is 12.4. The molecule has 1 aromatic heterocycles. The Labute approximate surface area is 127 Å². The molecule has 0 aliphatic carbocycles. The molecule has 21 heavy (non-hydrogen) atoms. The molecule has 0 radical (unpaired) electrons. The van der Waals surface area contributed by atoms with Crippen LogP contribution in [0, 0.1) is 0 Å². The predicted octanol–water partition coefficient (Wildman–Crippen LogP) is 1.31. The summed E-state index contributed by atoms with van der Waals surface area (Å²) in [7, 11) is 2.78. The molecule has 0 aliphatic heterocycles. The largest absolute Gasteiger partial charge is 0.465 e. The third-order valence-corrected chi connectivity index (χ3v) is 3.87. The van der Waals surface area contributed by atoms with Crippen molar-refractivity contribution in [2.75, 3.05) is 45.0 Å². The second-order valence-corrected chi connectivity index (χ2v) is 5.12. The molecule has 4 N–H and O–H groups in total. The number of nitrogens with one attached hydrogen (secondary N) is 2. The van der Waals surface area contributed by atoms with E-state index in [9.17, 15) is 9.59 Å². The van der Waals surface area contributed by atoms with Gasteiger partial charge in [-0.1, -0.05) is 0 Å². The number of nitrogen functional groups attached to an aromatic ring is 1. The highest BCUT2D eigenvalue weighted by Crippen LogP contribution is 2.36. The van der Waals surface area contributed by atoms with Crippen molar-refractivity contribution in [1.82, 2.24) is 5.32 Å². The molecule has 0 unspecified atom stereocenters. The van der Waals surface area contributed by atoms with Gasteiger partial charge in [0.15, 0.2) is 0 Å². The van der Waals surface area contributed by atoms with Crippen LogP contribution in [0.5, 0.6) is 0 Å². The molecule has 0 spiro atoms. The van der Waals surface area contributed by atoms with E-state index in [4.69, 9.17) is 10.5 Å². The van der Waals surface area contributed by atoms with Crippen LogP contribution in [-0.4, -0.2) is 45.8 Å². The zero-order valence-corrected chi connectivity index (χ0v) is 13.3. The number of esters is 1. The van der Waals surface area contributed by atoms with Gasteiger partial charge in [-0.2, -0.15) is 0 Å². The Morgan fingerprint density at radius 2 is 2.10 bits per heavy atom. The Balaban J connectivity index is 2.90. The number of nitrogens with two attached hydrogens (primary N) is 1. The third kappa shape index (κ3) is 4.33. The van der Waals surface area contributed by atoms with E-state index in [1.54, 1.807) is 0 Å². The predicted molar refractivity (Wildman–Crippen MR) is 83.1 cm³/mol. The van der Waals surface area contributed by atoms with E-state index in [2.05, 4.69) is 15.4 Å². The smallest absolute Gasteiger partial charge is 0.350 e. The van der Waals surface area contributed by atoms with E-state index < -0.39 is 5.97 Å². The molecule has 0 aromatic carbocycles. The lowest BCUT2D eigenvalue weighted by atomic mass is 10.2. The summed E-state index contributed by atoms with van der Waals surface area (Å²) in [5.41, 5.74) is 6.31. The minimum absolute atomic E-state index is 0.138. The zero-order chi connectivity index (χ0) is 15.8. The second kappa shape index (κ2) is 8.48. The van der Waals surface area contributed by atoms with Crippen LogP contribution in [0.15, 0.2) is 0 Å². The summed E-state index contributed by atoms with van der Waals surface area (Å²) in [4.78, 5) is 23.8. The van der Waals surface area contributed by atoms with Gasteiger partial charge in [-0.05, 0) is 13.3 Å². The van der Waals surface area contributed by atoms with Gasteiger partial charge in [0.25, 0.3) is 5.91 Å².